The van der Waals surface area contributed by atoms with E-state index in [9.17, 15) is 14.4 Å². The number of carbonyl (C=O) groups is 3. The number of hydrogen-bond donors (Lipinski definition) is 3. The molecule has 0 aromatic rings. The average Bonchev–Trinajstić information content (AvgIpc) is 2.48. The maximum Gasteiger partial charge on any atom is 0.407 e. The minimum absolute atomic E-state index is 0. The number of ether oxygens (including phenoxy) is 3. The van der Waals surface area contributed by atoms with Gasteiger partial charge in [-0.15, -0.1) is 0 Å². The van der Waals surface area contributed by atoms with Gasteiger partial charge in [-0.25, -0.2) is 9.59 Å². The Morgan fingerprint density at radius 1 is 0.957 bits per heavy atom. The number of hydrogen-bond acceptors (Lipinski definition) is 6. The van der Waals surface area contributed by atoms with Gasteiger partial charge in [0.1, 0.15) is 19.3 Å². The zero-order valence-electron chi connectivity index (χ0n) is 13.9. The third-order valence-corrected chi connectivity index (χ3v) is 2.13. The van der Waals surface area contributed by atoms with Crippen LogP contribution in [0, 0.1) is 0 Å². The van der Waals surface area contributed by atoms with Crippen LogP contribution in [0.3, 0.4) is 0 Å². The van der Waals surface area contributed by atoms with E-state index in [1.54, 1.807) is 20.9 Å². The summed E-state index contributed by atoms with van der Waals surface area (Å²) < 4.78 is 14.7. The molecule has 0 fully saturated rings. The van der Waals surface area contributed by atoms with Gasteiger partial charge in [-0.3, -0.25) is 4.79 Å². The maximum absolute atomic E-state index is 11.0. The molecule has 0 saturated carbocycles. The van der Waals surface area contributed by atoms with Gasteiger partial charge in [0, 0.05) is 34.2 Å². The van der Waals surface area contributed by atoms with Gasteiger partial charge in [0.05, 0.1) is 0 Å². The van der Waals surface area contributed by atoms with Crippen molar-refractivity contribution in [3.05, 3.63) is 0 Å². The first-order valence-corrected chi connectivity index (χ1v) is 6.93. The third-order valence-electron chi connectivity index (χ3n) is 2.13. The summed E-state index contributed by atoms with van der Waals surface area (Å²) in [7, 11) is 3.05. The van der Waals surface area contributed by atoms with Crippen molar-refractivity contribution in [2.75, 3.05) is 40.5 Å². The summed E-state index contributed by atoms with van der Waals surface area (Å²) in [5, 5.41) is 7.34. The summed E-state index contributed by atoms with van der Waals surface area (Å²) in [6, 6.07) is 0. The standard InChI is InChI=1S/C10H20N2O5.C3H7NO.CH4/c1-4-11-9(13)16-6-8(15-3)7-17-10(14)12-5-2;1-3(5)4-2;/h8H,4-7H2,1-3H3,(H,11,13)(H,12,14);1-2H3,(H,4,5);1H4. The quantitative estimate of drug-likeness (QED) is 0.635. The molecular formula is C14H31N3O6. The molecule has 0 spiro atoms. The van der Waals surface area contributed by atoms with Gasteiger partial charge >= 0.3 is 12.2 Å². The van der Waals surface area contributed by atoms with Crippen LogP contribution >= 0.6 is 0 Å². The average molecular weight is 337 g/mol. The second kappa shape index (κ2) is 18.0. The molecule has 0 aromatic heterocycles. The summed E-state index contributed by atoms with van der Waals surface area (Å²) >= 11 is 0. The molecule has 0 aliphatic rings. The molecule has 0 rings (SSSR count). The Morgan fingerprint density at radius 2 is 1.30 bits per heavy atom. The van der Waals surface area contributed by atoms with Crippen molar-refractivity contribution >= 4 is 18.1 Å². The summed E-state index contributed by atoms with van der Waals surface area (Å²) in [4.78, 5) is 31.7. The van der Waals surface area contributed by atoms with Crippen LogP contribution in [0.2, 0.25) is 0 Å². The van der Waals surface area contributed by atoms with Crippen molar-refractivity contribution in [1.82, 2.24) is 16.0 Å². The molecule has 0 radical (unpaired) electrons. The van der Waals surface area contributed by atoms with Gasteiger partial charge in [-0.1, -0.05) is 7.43 Å². The molecule has 0 bridgehead atoms. The van der Waals surface area contributed by atoms with Gasteiger partial charge in [0.15, 0.2) is 0 Å². The summed E-state index contributed by atoms with van der Waals surface area (Å²) in [6.45, 7) is 6.09. The van der Waals surface area contributed by atoms with Crippen LogP contribution < -0.4 is 16.0 Å². The van der Waals surface area contributed by atoms with E-state index in [1.807, 2.05) is 0 Å². The smallest absolute Gasteiger partial charge is 0.407 e. The number of alkyl carbamates (subject to hydrolysis) is 2. The van der Waals surface area contributed by atoms with Crippen molar-refractivity contribution < 1.29 is 28.6 Å². The fourth-order valence-corrected chi connectivity index (χ4v) is 0.912. The zero-order valence-corrected chi connectivity index (χ0v) is 13.9. The second-order valence-electron chi connectivity index (χ2n) is 3.92. The minimum atomic E-state index is -0.521. The predicted octanol–water partition coefficient (Wildman–Crippen LogP) is 0.882. The molecule has 9 heteroatoms. The van der Waals surface area contributed by atoms with E-state index in [1.165, 1.54) is 14.0 Å². The lowest BCUT2D eigenvalue weighted by atomic mass is 10.4. The van der Waals surface area contributed by atoms with Crippen molar-refractivity contribution in [2.24, 2.45) is 0 Å². The van der Waals surface area contributed by atoms with Crippen molar-refractivity contribution in [3.8, 4) is 0 Å². The second-order valence-corrected chi connectivity index (χ2v) is 3.92. The van der Waals surface area contributed by atoms with Crippen LogP contribution in [-0.4, -0.2) is 64.7 Å². The predicted molar refractivity (Wildman–Crippen MR) is 87.3 cm³/mol. The van der Waals surface area contributed by atoms with E-state index in [0.29, 0.717) is 13.1 Å². The fourth-order valence-electron chi connectivity index (χ4n) is 0.912. The fraction of sp³-hybridized carbons (Fsp3) is 0.786. The highest BCUT2D eigenvalue weighted by Gasteiger charge is 2.13. The lowest BCUT2D eigenvalue weighted by molar-refractivity contribution is -0.118. The molecule has 0 aliphatic carbocycles. The van der Waals surface area contributed by atoms with Crippen LogP contribution in [0.15, 0.2) is 0 Å². The molecular weight excluding hydrogens is 306 g/mol. The number of nitrogens with one attached hydrogen (secondary N) is 3. The van der Waals surface area contributed by atoms with Crippen LogP contribution in [0.1, 0.15) is 28.2 Å². The number of rotatable bonds is 7. The zero-order chi connectivity index (χ0) is 17.4. The molecule has 0 unspecified atom stereocenters. The largest absolute Gasteiger partial charge is 0.447 e. The van der Waals surface area contributed by atoms with Gasteiger partial charge in [-0.05, 0) is 13.8 Å². The highest BCUT2D eigenvalue weighted by atomic mass is 16.6. The molecule has 0 saturated heterocycles. The molecule has 3 amide bonds. The Balaban J connectivity index is -0.000000578. The molecule has 23 heavy (non-hydrogen) atoms. The van der Waals surface area contributed by atoms with E-state index in [2.05, 4.69) is 16.0 Å². The first-order chi connectivity index (χ1) is 10.4. The Labute approximate surface area is 138 Å². The van der Waals surface area contributed by atoms with Gasteiger partial charge < -0.3 is 30.2 Å². The summed E-state index contributed by atoms with van der Waals surface area (Å²) in [5.41, 5.74) is 0. The lowest BCUT2D eigenvalue weighted by Gasteiger charge is -2.15. The highest BCUT2D eigenvalue weighted by Crippen LogP contribution is 1.94. The molecule has 0 heterocycles. The monoisotopic (exact) mass is 337 g/mol. The van der Waals surface area contributed by atoms with E-state index in [4.69, 9.17) is 14.2 Å². The van der Waals surface area contributed by atoms with Gasteiger partial charge in [0.2, 0.25) is 5.91 Å². The SMILES string of the molecule is C.CCNC(=O)OCC(COC(=O)NCC)OC.CNC(C)=O. The Bertz CT molecular complexity index is 304. The van der Waals surface area contributed by atoms with E-state index in [-0.39, 0.29) is 26.5 Å². The first-order valence-electron chi connectivity index (χ1n) is 6.93. The van der Waals surface area contributed by atoms with Crippen LogP contribution in [-0.2, 0) is 19.0 Å². The Kier molecular flexibility index (Phi) is 20.3. The topological polar surface area (TPSA) is 115 Å². The van der Waals surface area contributed by atoms with Crippen LogP contribution in [0.25, 0.3) is 0 Å². The first kappa shape index (κ1) is 25.9. The van der Waals surface area contributed by atoms with Gasteiger partial charge in [0.25, 0.3) is 0 Å². The number of carbonyl (C=O) groups excluding carboxylic acids is 3. The molecule has 3 N–H and O–H groups in total. The van der Waals surface area contributed by atoms with Crippen molar-refractivity contribution in [3.63, 3.8) is 0 Å². The summed E-state index contributed by atoms with van der Waals surface area (Å²) in [5.74, 6) is 0.00463. The highest BCUT2D eigenvalue weighted by molar-refractivity contribution is 5.72. The Morgan fingerprint density at radius 3 is 1.52 bits per heavy atom. The number of methoxy groups -OCH3 is 1. The van der Waals surface area contributed by atoms with E-state index < -0.39 is 18.3 Å². The van der Waals surface area contributed by atoms with Crippen molar-refractivity contribution in [1.29, 1.82) is 0 Å². The normalized spacial score (nSPS) is 8.78. The van der Waals surface area contributed by atoms with E-state index in [0.717, 1.165) is 0 Å². The van der Waals surface area contributed by atoms with E-state index >= 15 is 0 Å². The van der Waals surface area contributed by atoms with Crippen molar-refractivity contribution in [2.45, 2.75) is 34.3 Å². The third kappa shape index (κ3) is 20.0. The molecule has 9 nitrogen and oxygen atoms in total. The van der Waals surface area contributed by atoms with Crippen LogP contribution in [0.5, 0.6) is 0 Å². The lowest BCUT2D eigenvalue weighted by Crippen LogP contribution is -2.33. The molecule has 0 aromatic carbocycles. The maximum atomic E-state index is 11.0. The molecule has 0 atom stereocenters. The minimum Gasteiger partial charge on any atom is -0.447 e. The van der Waals surface area contributed by atoms with Crippen LogP contribution in [0.4, 0.5) is 9.59 Å². The molecule has 138 valence electrons. The number of amides is 3. The summed E-state index contributed by atoms with van der Waals surface area (Å²) in [6.07, 6.45) is -1.51. The molecule has 0 aliphatic heterocycles. The van der Waals surface area contributed by atoms with Gasteiger partial charge in [-0.2, -0.15) is 0 Å². The Hall–Kier alpha value is -2.03.